The molecule has 152 valence electrons. The number of ether oxygens (including phenoxy) is 1. The number of aryl methyl sites for hydroxylation is 1. The maximum absolute atomic E-state index is 12.5. The van der Waals surface area contributed by atoms with E-state index >= 15 is 0 Å². The molecule has 0 saturated heterocycles. The van der Waals surface area contributed by atoms with Crippen molar-refractivity contribution in [1.29, 1.82) is 0 Å². The van der Waals surface area contributed by atoms with E-state index < -0.39 is 0 Å². The standard InChI is InChI=1S/C22H19ClN4O2S/c1-15-6-8-16(9-7-15)11-27-14-24-22(26-27)25-21(28)20-10-17(13-30-20)12-29-19-5-3-2-4-18(19)23/h2-10,13-14H,11-12H2,1H3,(H,25,26,28). The van der Waals surface area contributed by atoms with Gasteiger partial charge in [-0.1, -0.05) is 53.6 Å². The number of benzene rings is 2. The lowest BCUT2D eigenvalue weighted by atomic mass is 10.1. The number of carbonyl (C=O) groups is 1. The number of carbonyl (C=O) groups excluding carboxylic acids is 1. The molecular weight excluding hydrogens is 420 g/mol. The Balaban J connectivity index is 1.34. The van der Waals surface area contributed by atoms with Gasteiger partial charge in [0.2, 0.25) is 5.95 Å². The van der Waals surface area contributed by atoms with Gasteiger partial charge in [-0.25, -0.2) is 9.67 Å². The van der Waals surface area contributed by atoms with Gasteiger partial charge in [-0.15, -0.1) is 16.4 Å². The monoisotopic (exact) mass is 438 g/mol. The zero-order valence-electron chi connectivity index (χ0n) is 16.2. The van der Waals surface area contributed by atoms with E-state index in [4.69, 9.17) is 16.3 Å². The van der Waals surface area contributed by atoms with Gasteiger partial charge in [0, 0.05) is 5.56 Å². The van der Waals surface area contributed by atoms with E-state index in [2.05, 4.69) is 27.5 Å². The van der Waals surface area contributed by atoms with Crippen LogP contribution in [0.4, 0.5) is 5.95 Å². The molecule has 0 aliphatic carbocycles. The molecule has 30 heavy (non-hydrogen) atoms. The van der Waals surface area contributed by atoms with Crippen LogP contribution in [0.25, 0.3) is 0 Å². The second kappa shape index (κ2) is 9.11. The Morgan fingerprint density at radius 2 is 1.97 bits per heavy atom. The summed E-state index contributed by atoms with van der Waals surface area (Å²) in [4.78, 5) is 17.2. The highest BCUT2D eigenvalue weighted by molar-refractivity contribution is 7.12. The number of hydrogen-bond donors (Lipinski definition) is 1. The second-order valence-electron chi connectivity index (χ2n) is 6.74. The van der Waals surface area contributed by atoms with Gasteiger partial charge in [-0.2, -0.15) is 0 Å². The Labute approximate surface area is 183 Å². The fraction of sp³-hybridized carbons (Fsp3) is 0.136. The molecule has 4 rings (SSSR count). The summed E-state index contributed by atoms with van der Waals surface area (Å²) >= 11 is 7.43. The van der Waals surface area contributed by atoms with Gasteiger partial charge in [0.1, 0.15) is 18.7 Å². The largest absolute Gasteiger partial charge is 0.487 e. The third-order valence-corrected chi connectivity index (χ3v) is 5.63. The second-order valence-corrected chi connectivity index (χ2v) is 8.06. The number of anilines is 1. The summed E-state index contributed by atoms with van der Waals surface area (Å²) in [5.41, 5.74) is 3.21. The summed E-state index contributed by atoms with van der Waals surface area (Å²) in [6.07, 6.45) is 1.60. The number of para-hydroxylation sites is 1. The van der Waals surface area contributed by atoms with Gasteiger partial charge in [0.25, 0.3) is 5.91 Å². The predicted octanol–water partition coefficient (Wildman–Crippen LogP) is 5.18. The van der Waals surface area contributed by atoms with Gasteiger partial charge in [-0.05, 0) is 36.1 Å². The van der Waals surface area contributed by atoms with Crippen LogP contribution < -0.4 is 10.1 Å². The molecule has 0 radical (unpaired) electrons. The Kier molecular flexibility index (Phi) is 6.11. The minimum absolute atomic E-state index is 0.253. The number of halogens is 1. The molecule has 2 heterocycles. The SMILES string of the molecule is Cc1ccc(Cn2cnc(NC(=O)c3cc(COc4ccccc4Cl)cs3)n2)cc1. The third kappa shape index (κ3) is 5.06. The number of aromatic nitrogens is 3. The lowest BCUT2D eigenvalue weighted by Gasteiger charge is -2.06. The quantitative estimate of drug-likeness (QED) is 0.431. The summed E-state index contributed by atoms with van der Waals surface area (Å²) in [5, 5.41) is 9.50. The van der Waals surface area contributed by atoms with E-state index in [0.717, 1.165) is 11.1 Å². The number of hydrogen-bond acceptors (Lipinski definition) is 5. The van der Waals surface area contributed by atoms with Crippen LogP contribution in [-0.2, 0) is 13.2 Å². The topological polar surface area (TPSA) is 69.0 Å². The van der Waals surface area contributed by atoms with Crippen LogP contribution in [0.1, 0.15) is 26.4 Å². The molecule has 6 nitrogen and oxygen atoms in total. The minimum Gasteiger partial charge on any atom is -0.487 e. The van der Waals surface area contributed by atoms with E-state index in [1.165, 1.54) is 16.9 Å². The van der Waals surface area contributed by atoms with Gasteiger partial charge in [-0.3, -0.25) is 10.1 Å². The van der Waals surface area contributed by atoms with Crippen LogP contribution in [0, 0.1) is 6.92 Å². The first-order valence-corrected chi connectivity index (χ1v) is 10.5. The number of thiophene rings is 1. The molecule has 8 heteroatoms. The van der Waals surface area contributed by atoms with E-state index in [1.807, 2.05) is 36.6 Å². The average molecular weight is 439 g/mol. The average Bonchev–Trinajstić information content (AvgIpc) is 3.39. The van der Waals surface area contributed by atoms with Gasteiger partial charge in [0.15, 0.2) is 0 Å². The van der Waals surface area contributed by atoms with E-state index in [-0.39, 0.29) is 11.9 Å². The Morgan fingerprint density at radius 3 is 2.77 bits per heavy atom. The Bertz CT molecular complexity index is 1150. The fourth-order valence-electron chi connectivity index (χ4n) is 2.77. The van der Waals surface area contributed by atoms with Crippen molar-refractivity contribution in [2.75, 3.05) is 5.32 Å². The molecular formula is C22H19ClN4O2S. The van der Waals surface area contributed by atoms with Crippen LogP contribution in [0.2, 0.25) is 5.02 Å². The summed E-state index contributed by atoms with van der Waals surface area (Å²) in [7, 11) is 0. The minimum atomic E-state index is -0.253. The molecule has 0 spiro atoms. The molecule has 2 aromatic carbocycles. The molecule has 2 aromatic heterocycles. The maximum Gasteiger partial charge on any atom is 0.268 e. The molecule has 0 bridgehead atoms. The summed E-state index contributed by atoms with van der Waals surface area (Å²) in [6.45, 7) is 2.97. The van der Waals surface area contributed by atoms with Crippen molar-refractivity contribution in [3.05, 3.63) is 92.9 Å². The van der Waals surface area contributed by atoms with Crippen LogP contribution in [-0.4, -0.2) is 20.7 Å². The van der Waals surface area contributed by atoms with Crippen molar-refractivity contribution >= 4 is 34.8 Å². The van der Waals surface area contributed by atoms with Crippen molar-refractivity contribution in [1.82, 2.24) is 14.8 Å². The van der Waals surface area contributed by atoms with Crippen LogP contribution in [0.5, 0.6) is 5.75 Å². The number of amides is 1. The molecule has 1 N–H and O–H groups in total. The van der Waals surface area contributed by atoms with Gasteiger partial charge in [0.05, 0.1) is 16.4 Å². The molecule has 0 unspecified atom stereocenters. The van der Waals surface area contributed by atoms with Crippen molar-refractivity contribution in [3.8, 4) is 5.75 Å². The normalized spacial score (nSPS) is 10.7. The lowest BCUT2D eigenvalue weighted by Crippen LogP contribution is -2.12. The van der Waals surface area contributed by atoms with Gasteiger partial charge >= 0.3 is 0 Å². The highest BCUT2D eigenvalue weighted by atomic mass is 35.5. The number of nitrogens with one attached hydrogen (secondary N) is 1. The van der Waals surface area contributed by atoms with Crippen molar-refractivity contribution in [2.45, 2.75) is 20.1 Å². The molecule has 0 saturated carbocycles. The van der Waals surface area contributed by atoms with Crippen molar-refractivity contribution in [2.24, 2.45) is 0 Å². The third-order valence-electron chi connectivity index (χ3n) is 4.34. The predicted molar refractivity (Wildman–Crippen MR) is 118 cm³/mol. The fourth-order valence-corrected chi connectivity index (χ4v) is 3.75. The Hall–Kier alpha value is -3.16. The molecule has 0 fully saturated rings. The summed E-state index contributed by atoms with van der Waals surface area (Å²) in [5.74, 6) is 0.631. The highest BCUT2D eigenvalue weighted by Crippen LogP contribution is 2.25. The van der Waals surface area contributed by atoms with Crippen LogP contribution in [0.15, 0.2) is 66.3 Å². The molecule has 0 aliphatic rings. The number of nitrogens with zero attached hydrogens (tertiary/aromatic N) is 3. The first kappa shape index (κ1) is 20.1. The smallest absolute Gasteiger partial charge is 0.268 e. The van der Waals surface area contributed by atoms with Crippen molar-refractivity contribution in [3.63, 3.8) is 0 Å². The van der Waals surface area contributed by atoms with E-state index in [1.54, 1.807) is 29.2 Å². The molecule has 4 aromatic rings. The zero-order chi connectivity index (χ0) is 20.9. The first-order chi connectivity index (χ1) is 14.6. The highest BCUT2D eigenvalue weighted by Gasteiger charge is 2.13. The van der Waals surface area contributed by atoms with Crippen LogP contribution >= 0.6 is 22.9 Å². The summed E-state index contributed by atoms with van der Waals surface area (Å²) in [6, 6.07) is 17.3. The lowest BCUT2D eigenvalue weighted by molar-refractivity contribution is 0.102. The van der Waals surface area contributed by atoms with E-state index in [0.29, 0.717) is 28.8 Å². The van der Waals surface area contributed by atoms with Gasteiger partial charge < -0.3 is 4.74 Å². The molecule has 0 aliphatic heterocycles. The maximum atomic E-state index is 12.5. The molecule has 1 amide bonds. The van der Waals surface area contributed by atoms with Crippen molar-refractivity contribution < 1.29 is 9.53 Å². The first-order valence-electron chi connectivity index (χ1n) is 9.28. The van der Waals surface area contributed by atoms with E-state index in [9.17, 15) is 4.79 Å². The van der Waals surface area contributed by atoms with Crippen LogP contribution in [0.3, 0.4) is 0 Å². The zero-order valence-corrected chi connectivity index (χ0v) is 17.8. The summed E-state index contributed by atoms with van der Waals surface area (Å²) < 4.78 is 7.41. The molecule has 0 atom stereocenters. The number of rotatable bonds is 7. The Morgan fingerprint density at radius 1 is 1.17 bits per heavy atom.